The third-order valence-corrected chi connectivity index (χ3v) is 5.99. The molecule has 2 aromatic rings. The zero-order chi connectivity index (χ0) is 22.3. The van der Waals surface area contributed by atoms with Gasteiger partial charge in [-0.25, -0.2) is 0 Å². The van der Waals surface area contributed by atoms with Crippen molar-refractivity contribution < 1.29 is 14.3 Å². The molecule has 0 aromatic heterocycles. The molecule has 30 heavy (non-hydrogen) atoms. The lowest BCUT2D eigenvalue weighted by atomic mass is 10.1. The molecule has 0 heterocycles. The van der Waals surface area contributed by atoms with Crippen molar-refractivity contribution in [2.24, 2.45) is 0 Å². The van der Waals surface area contributed by atoms with Crippen LogP contribution < -0.4 is 10.1 Å². The number of hydrogen-bond donors (Lipinski definition) is 1. The van der Waals surface area contributed by atoms with Gasteiger partial charge >= 0.3 is 0 Å². The molecular formula is C24H31BrN2O3. The SMILES string of the molecule is CC[C@H](C)NC(=O)[C@@H](C)N(Cc1cccc(C)c1)C(=O)COc1ccc(Br)c(C)c1. The molecule has 0 bridgehead atoms. The van der Waals surface area contributed by atoms with E-state index < -0.39 is 6.04 Å². The van der Waals surface area contributed by atoms with Gasteiger partial charge in [-0.15, -0.1) is 0 Å². The molecule has 2 atom stereocenters. The lowest BCUT2D eigenvalue weighted by Crippen LogP contribution is -2.50. The molecule has 1 N–H and O–H groups in total. The van der Waals surface area contributed by atoms with E-state index in [1.54, 1.807) is 11.8 Å². The van der Waals surface area contributed by atoms with Crippen LogP contribution in [0.4, 0.5) is 0 Å². The van der Waals surface area contributed by atoms with Crippen molar-refractivity contribution in [3.8, 4) is 5.75 Å². The maximum Gasteiger partial charge on any atom is 0.261 e. The van der Waals surface area contributed by atoms with E-state index >= 15 is 0 Å². The third-order valence-electron chi connectivity index (χ3n) is 5.10. The Labute approximate surface area is 187 Å². The Balaban J connectivity index is 2.16. The smallest absolute Gasteiger partial charge is 0.261 e. The average Bonchev–Trinajstić information content (AvgIpc) is 2.72. The zero-order valence-corrected chi connectivity index (χ0v) is 20.0. The van der Waals surface area contributed by atoms with Crippen molar-refractivity contribution in [2.45, 2.75) is 59.7 Å². The van der Waals surface area contributed by atoms with E-state index in [1.807, 2.05) is 70.2 Å². The topological polar surface area (TPSA) is 58.6 Å². The number of aryl methyl sites for hydroxylation is 2. The summed E-state index contributed by atoms with van der Waals surface area (Å²) in [7, 11) is 0. The lowest BCUT2D eigenvalue weighted by molar-refractivity contribution is -0.142. The summed E-state index contributed by atoms with van der Waals surface area (Å²) in [6.45, 7) is 9.91. The summed E-state index contributed by atoms with van der Waals surface area (Å²) in [5.74, 6) is 0.227. The number of nitrogens with one attached hydrogen (secondary N) is 1. The molecule has 0 radical (unpaired) electrons. The van der Waals surface area contributed by atoms with Crippen LogP contribution in [0.3, 0.4) is 0 Å². The summed E-state index contributed by atoms with van der Waals surface area (Å²) in [6, 6.07) is 13.0. The minimum atomic E-state index is -0.609. The standard InChI is InChI=1S/C24H31BrN2O3/c1-6-18(4)26-24(29)19(5)27(14-20-9-7-8-16(2)12-20)23(28)15-30-21-10-11-22(25)17(3)13-21/h7-13,18-19H,6,14-15H2,1-5H3,(H,26,29)/t18-,19+/m0/s1. The van der Waals surface area contributed by atoms with Gasteiger partial charge < -0.3 is 15.0 Å². The second-order valence-corrected chi connectivity index (χ2v) is 8.56. The van der Waals surface area contributed by atoms with E-state index in [0.717, 1.165) is 27.6 Å². The van der Waals surface area contributed by atoms with Crippen molar-refractivity contribution in [2.75, 3.05) is 6.61 Å². The summed E-state index contributed by atoms with van der Waals surface area (Å²) >= 11 is 3.46. The fourth-order valence-electron chi connectivity index (χ4n) is 2.99. The molecule has 0 fully saturated rings. The minimum Gasteiger partial charge on any atom is -0.484 e. The van der Waals surface area contributed by atoms with Gasteiger partial charge in [0.1, 0.15) is 11.8 Å². The molecule has 0 saturated carbocycles. The first-order chi connectivity index (χ1) is 14.2. The fourth-order valence-corrected chi connectivity index (χ4v) is 3.24. The van der Waals surface area contributed by atoms with Crippen LogP contribution in [0, 0.1) is 13.8 Å². The van der Waals surface area contributed by atoms with Gasteiger partial charge in [-0.1, -0.05) is 52.7 Å². The van der Waals surface area contributed by atoms with E-state index in [9.17, 15) is 9.59 Å². The van der Waals surface area contributed by atoms with Gasteiger partial charge in [0.05, 0.1) is 0 Å². The lowest BCUT2D eigenvalue weighted by Gasteiger charge is -2.29. The number of rotatable bonds is 9. The van der Waals surface area contributed by atoms with Crippen LogP contribution >= 0.6 is 15.9 Å². The Kier molecular flexibility index (Phi) is 8.90. The molecule has 2 rings (SSSR count). The van der Waals surface area contributed by atoms with Crippen LogP contribution in [0.2, 0.25) is 0 Å². The highest BCUT2D eigenvalue weighted by Crippen LogP contribution is 2.22. The number of carbonyl (C=O) groups excluding carboxylic acids is 2. The van der Waals surface area contributed by atoms with Crippen LogP contribution in [0.15, 0.2) is 46.9 Å². The summed E-state index contributed by atoms with van der Waals surface area (Å²) in [4.78, 5) is 27.4. The third kappa shape index (κ3) is 6.87. The molecule has 162 valence electrons. The number of halogens is 1. The highest BCUT2D eigenvalue weighted by molar-refractivity contribution is 9.10. The van der Waals surface area contributed by atoms with E-state index in [2.05, 4.69) is 21.2 Å². The number of nitrogens with zero attached hydrogens (tertiary/aromatic N) is 1. The molecule has 0 saturated heterocycles. The van der Waals surface area contributed by atoms with Gasteiger partial charge in [0.25, 0.3) is 5.91 Å². The zero-order valence-electron chi connectivity index (χ0n) is 18.4. The first-order valence-corrected chi connectivity index (χ1v) is 11.0. The van der Waals surface area contributed by atoms with Crippen molar-refractivity contribution in [3.63, 3.8) is 0 Å². The fraction of sp³-hybridized carbons (Fsp3) is 0.417. The first-order valence-electron chi connectivity index (χ1n) is 10.3. The molecule has 0 aliphatic rings. The molecule has 0 aliphatic heterocycles. The highest BCUT2D eigenvalue weighted by atomic mass is 79.9. The van der Waals surface area contributed by atoms with E-state index in [1.165, 1.54) is 0 Å². The number of ether oxygens (including phenoxy) is 1. The van der Waals surface area contributed by atoms with Crippen molar-refractivity contribution in [1.82, 2.24) is 10.2 Å². The Morgan fingerprint density at radius 1 is 1.13 bits per heavy atom. The highest BCUT2D eigenvalue weighted by Gasteiger charge is 2.27. The second kappa shape index (κ2) is 11.2. The molecule has 5 nitrogen and oxygen atoms in total. The molecule has 2 aromatic carbocycles. The Hall–Kier alpha value is -2.34. The number of carbonyl (C=O) groups is 2. The molecule has 0 spiro atoms. The summed E-state index contributed by atoms with van der Waals surface area (Å²) in [6.07, 6.45) is 0.830. The Bertz CT molecular complexity index is 885. The number of hydrogen-bond acceptors (Lipinski definition) is 3. The van der Waals surface area contributed by atoms with E-state index in [-0.39, 0.29) is 24.5 Å². The van der Waals surface area contributed by atoms with Crippen LogP contribution in [0.1, 0.15) is 43.9 Å². The van der Waals surface area contributed by atoms with Crippen LogP contribution in [-0.2, 0) is 16.1 Å². The summed E-state index contributed by atoms with van der Waals surface area (Å²) < 4.78 is 6.72. The minimum absolute atomic E-state index is 0.0536. The Morgan fingerprint density at radius 2 is 1.87 bits per heavy atom. The van der Waals surface area contributed by atoms with Gasteiger partial charge in [0.15, 0.2) is 6.61 Å². The normalized spacial score (nSPS) is 12.7. The monoisotopic (exact) mass is 474 g/mol. The van der Waals surface area contributed by atoms with Gasteiger partial charge in [-0.2, -0.15) is 0 Å². The summed E-state index contributed by atoms with van der Waals surface area (Å²) in [5, 5.41) is 2.97. The number of amides is 2. The molecule has 6 heteroatoms. The number of benzene rings is 2. The van der Waals surface area contributed by atoms with E-state index in [0.29, 0.717) is 12.3 Å². The van der Waals surface area contributed by atoms with Crippen molar-refractivity contribution in [1.29, 1.82) is 0 Å². The molecular weight excluding hydrogens is 444 g/mol. The predicted octanol–water partition coefficient (Wildman–Crippen LogP) is 4.78. The second-order valence-electron chi connectivity index (χ2n) is 7.70. The predicted molar refractivity (Wildman–Crippen MR) is 123 cm³/mol. The molecule has 0 aliphatic carbocycles. The largest absolute Gasteiger partial charge is 0.484 e. The van der Waals surface area contributed by atoms with Gasteiger partial charge in [0.2, 0.25) is 5.91 Å². The summed E-state index contributed by atoms with van der Waals surface area (Å²) in [5.41, 5.74) is 3.11. The van der Waals surface area contributed by atoms with Gasteiger partial charge in [0, 0.05) is 17.1 Å². The Morgan fingerprint density at radius 3 is 2.50 bits per heavy atom. The van der Waals surface area contributed by atoms with Gasteiger partial charge in [-0.05, 0) is 63.4 Å². The van der Waals surface area contributed by atoms with Crippen LogP contribution in [-0.4, -0.2) is 35.4 Å². The van der Waals surface area contributed by atoms with Crippen molar-refractivity contribution >= 4 is 27.7 Å². The maximum absolute atomic E-state index is 13.1. The maximum atomic E-state index is 13.1. The molecule has 0 unspecified atom stereocenters. The van der Waals surface area contributed by atoms with Crippen LogP contribution in [0.25, 0.3) is 0 Å². The van der Waals surface area contributed by atoms with E-state index in [4.69, 9.17) is 4.74 Å². The molecule has 2 amide bonds. The quantitative estimate of drug-likeness (QED) is 0.568. The first kappa shape index (κ1) is 23.9. The average molecular weight is 475 g/mol. The van der Waals surface area contributed by atoms with Gasteiger partial charge in [-0.3, -0.25) is 9.59 Å². The van der Waals surface area contributed by atoms with Crippen LogP contribution in [0.5, 0.6) is 5.75 Å². The van der Waals surface area contributed by atoms with Crippen molar-refractivity contribution in [3.05, 3.63) is 63.6 Å².